The SMILES string of the molecule is Cc1ccc(NC(=O)COc2cncc(Cl)c2)cc1N. The van der Waals surface area contributed by atoms with Crippen LogP contribution in [0, 0.1) is 6.92 Å². The van der Waals surface area contributed by atoms with E-state index < -0.39 is 0 Å². The fourth-order valence-corrected chi connectivity index (χ4v) is 1.70. The zero-order valence-electron chi connectivity index (χ0n) is 10.9. The molecule has 0 saturated heterocycles. The monoisotopic (exact) mass is 291 g/mol. The highest BCUT2D eigenvalue weighted by Gasteiger charge is 2.05. The van der Waals surface area contributed by atoms with Gasteiger partial charge in [0.05, 0.1) is 11.2 Å². The molecule has 0 bridgehead atoms. The van der Waals surface area contributed by atoms with E-state index in [4.69, 9.17) is 22.1 Å². The summed E-state index contributed by atoms with van der Waals surface area (Å²) < 4.78 is 5.28. The van der Waals surface area contributed by atoms with Crippen molar-refractivity contribution in [2.45, 2.75) is 6.92 Å². The number of pyridine rings is 1. The van der Waals surface area contributed by atoms with E-state index in [0.717, 1.165) is 5.56 Å². The Balaban J connectivity index is 1.91. The number of hydrogen-bond donors (Lipinski definition) is 2. The molecule has 0 saturated carbocycles. The van der Waals surface area contributed by atoms with Crippen molar-refractivity contribution in [2.75, 3.05) is 17.7 Å². The number of benzene rings is 1. The Morgan fingerprint density at radius 1 is 1.40 bits per heavy atom. The molecule has 3 N–H and O–H groups in total. The molecule has 1 aromatic carbocycles. The van der Waals surface area contributed by atoms with Crippen LogP contribution in [0.25, 0.3) is 0 Å². The lowest BCUT2D eigenvalue weighted by Gasteiger charge is -2.09. The predicted octanol–water partition coefficient (Wildman–Crippen LogP) is 2.64. The van der Waals surface area contributed by atoms with Gasteiger partial charge >= 0.3 is 0 Å². The summed E-state index contributed by atoms with van der Waals surface area (Å²) >= 11 is 5.77. The number of aromatic nitrogens is 1. The van der Waals surface area contributed by atoms with Gasteiger partial charge in [-0.15, -0.1) is 0 Å². The maximum absolute atomic E-state index is 11.7. The smallest absolute Gasteiger partial charge is 0.262 e. The molecular weight excluding hydrogens is 278 g/mol. The number of ether oxygens (including phenoxy) is 1. The van der Waals surface area contributed by atoms with Crippen LogP contribution in [-0.2, 0) is 4.79 Å². The fraction of sp³-hybridized carbons (Fsp3) is 0.143. The second-order valence-electron chi connectivity index (χ2n) is 4.25. The molecule has 1 aromatic heterocycles. The summed E-state index contributed by atoms with van der Waals surface area (Å²) in [6.07, 6.45) is 2.98. The Hall–Kier alpha value is -2.27. The lowest BCUT2D eigenvalue weighted by atomic mass is 10.2. The first-order valence-corrected chi connectivity index (χ1v) is 6.32. The lowest BCUT2D eigenvalue weighted by Crippen LogP contribution is -2.20. The Morgan fingerprint density at radius 2 is 2.20 bits per heavy atom. The Labute approximate surface area is 121 Å². The maximum Gasteiger partial charge on any atom is 0.262 e. The summed E-state index contributed by atoms with van der Waals surface area (Å²) in [5, 5.41) is 3.15. The average molecular weight is 292 g/mol. The van der Waals surface area contributed by atoms with Crippen LogP contribution in [0.3, 0.4) is 0 Å². The summed E-state index contributed by atoms with van der Waals surface area (Å²) in [5.41, 5.74) is 7.99. The van der Waals surface area contributed by atoms with E-state index in [0.29, 0.717) is 22.1 Å². The van der Waals surface area contributed by atoms with Crippen molar-refractivity contribution < 1.29 is 9.53 Å². The number of amides is 1. The van der Waals surface area contributed by atoms with Crippen molar-refractivity contribution in [2.24, 2.45) is 0 Å². The van der Waals surface area contributed by atoms with Gasteiger partial charge in [-0.3, -0.25) is 9.78 Å². The fourth-order valence-electron chi connectivity index (χ4n) is 1.54. The number of halogens is 1. The predicted molar refractivity (Wildman–Crippen MR) is 79.0 cm³/mol. The van der Waals surface area contributed by atoms with Gasteiger partial charge in [0.2, 0.25) is 0 Å². The van der Waals surface area contributed by atoms with Gasteiger partial charge in [-0.05, 0) is 24.6 Å². The number of nitrogen functional groups attached to an aromatic ring is 1. The molecular formula is C14H14ClN3O2. The van der Waals surface area contributed by atoms with Crippen molar-refractivity contribution in [3.63, 3.8) is 0 Å². The molecule has 0 atom stereocenters. The van der Waals surface area contributed by atoms with Crippen LogP contribution in [-0.4, -0.2) is 17.5 Å². The molecule has 1 heterocycles. The van der Waals surface area contributed by atoms with Gasteiger partial charge in [0, 0.05) is 23.6 Å². The highest BCUT2D eigenvalue weighted by Crippen LogP contribution is 2.17. The van der Waals surface area contributed by atoms with Crippen molar-refractivity contribution >= 4 is 28.9 Å². The van der Waals surface area contributed by atoms with Crippen LogP contribution in [0.15, 0.2) is 36.7 Å². The van der Waals surface area contributed by atoms with Crippen molar-refractivity contribution in [1.82, 2.24) is 4.98 Å². The minimum absolute atomic E-state index is 0.129. The quantitative estimate of drug-likeness (QED) is 0.849. The van der Waals surface area contributed by atoms with Gasteiger partial charge in [0.15, 0.2) is 6.61 Å². The van der Waals surface area contributed by atoms with E-state index >= 15 is 0 Å². The van der Waals surface area contributed by atoms with Crippen LogP contribution in [0.5, 0.6) is 5.75 Å². The van der Waals surface area contributed by atoms with E-state index in [2.05, 4.69) is 10.3 Å². The van der Waals surface area contributed by atoms with Crippen molar-refractivity contribution in [1.29, 1.82) is 0 Å². The number of nitrogens with one attached hydrogen (secondary N) is 1. The molecule has 104 valence electrons. The van der Waals surface area contributed by atoms with Crippen molar-refractivity contribution in [3.05, 3.63) is 47.2 Å². The van der Waals surface area contributed by atoms with E-state index in [1.54, 1.807) is 18.2 Å². The van der Waals surface area contributed by atoms with Crippen LogP contribution in [0.4, 0.5) is 11.4 Å². The molecule has 20 heavy (non-hydrogen) atoms. The Bertz CT molecular complexity index is 632. The van der Waals surface area contributed by atoms with Crippen LogP contribution in [0.2, 0.25) is 5.02 Å². The number of carbonyl (C=O) groups excluding carboxylic acids is 1. The zero-order valence-corrected chi connectivity index (χ0v) is 11.6. The van der Waals surface area contributed by atoms with Gasteiger partial charge in [-0.1, -0.05) is 17.7 Å². The minimum atomic E-state index is -0.284. The maximum atomic E-state index is 11.7. The molecule has 0 fully saturated rings. The summed E-state index contributed by atoms with van der Waals surface area (Å²) in [7, 11) is 0. The van der Waals surface area contributed by atoms with E-state index in [1.165, 1.54) is 12.4 Å². The number of nitrogens with two attached hydrogens (primary N) is 1. The molecule has 1 amide bonds. The van der Waals surface area contributed by atoms with Gasteiger partial charge in [-0.25, -0.2) is 0 Å². The van der Waals surface area contributed by atoms with Gasteiger partial charge in [-0.2, -0.15) is 0 Å². The van der Waals surface area contributed by atoms with Gasteiger partial charge in [0.1, 0.15) is 5.75 Å². The zero-order chi connectivity index (χ0) is 14.5. The highest BCUT2D eigenvalue weighted by atomic mass is 35.5. The van der Waals surface area contributed by atoms with Crippen molar-refractivity contribution in [3.8, 4) is 5.75 Å². The molecule has 2 aromatic rings. The number of nitrogens with zero attached hydrogens (tertiary/aromatic N) is 1. The average Bonchev–Trinajstić information content (AvgIpc) is 2.41. The van der Waals surface area contributed by atoms with E-state index in [9.17, 15) is 4.79 Å². The summed E-state index contributed by atoms with van der Waals surface area (Å²) in [4.78, 5) is 15.6. The second kappa shape index (κ2) is 6.25. The van der Waals surface area contributed by atoms with Gasteiger partial charge in [0.25, 0.3) is 5.91 Å². The van der Waals surface area contributed by atoms with Gasteiger partial charge < -0.3 is 15.8 Å². The molecule has 0 aliphatic heterocycles. The van der Waals surface area contributed by atoms with Crippen LogP contribution < -0.4 is 15.8 Å². The van der Waals surface area contributed by atoms with E-state index in [-0.39, 0.29) is 12.5 Å². The molecule has 0 aliphatic rings. The second-order valence-corrected chi connectivity index (χ2v) is 4.68. The highest BCUT2D eigenvalue weighted by molar-refractivity contribution is 6.30. The lowest BCUT2D eigenvalue weighted by molar-refractivity contribution is -0.118. The summed E-state index contributed by atoms with van der Waals surface area (Å²) in [6, 6.07) is 6.91. The first-order chi connectivity index (χ1) is 9.54. The Kier molecular flexibility index (Phi) is 4.42. The number of hydrogen-bond acceptors (Lipinski definition) is 4. The molecule has 5 nitrogen and oxygen atoms in total. The standard InChI is InChI=1S/C14H14ClN3O2/c1-9-2-3-11(5-13(9)16)18-14(19)8-20-12-4-10(15)6-17-7-12/h2-7H,8,16H2,1H3,(H,18,19). The summed E-state index contributed by atoms with van der Waals surface area (Å²) in [6.45, 7) is 1.77. The van der Waals surface area contributed by atoms with E-state index in [1.807, 2.05) is 13.0 Å². The third-order valence-corrected chi connectivity index (χ3v) is 2.82. The number of anilines is 2. The largest absolute Gasteiger partial charge is 0.482 e. The number of aryl methyl sites for hydroxylation is 1. The molecule has 0 radical (unpaired) electrons. The molecule has 6 heteroatoms. The molecule has 0 unspecified atom stereocenters. The number of carbonyl (C=O) groups is 1. The third-order valence-electron chi connectivity index (χ3n) is 2.61. The first kappa shape index (κ1) is 14.1. The summed E-state index contributed by atoms with van der Waals surface area (Å²) in [5.74, 6) is 0.157. The van der Waals surface area contributed by atoms with Crippen LogP contribution >= 0.6 is 11.6 Å². The van der Waals surface area contributed by atoms with Crippen LogP contribution in [0.1, 0.15) is 5.56 Å². The number of rotatable bonds is 4. The first-order valence-electron chi connectivity index (χ1n) is 5.94. The normalized spacial score (nSPS) is 10.1. The molecule has 0 spiro atoms. The molecule has 0 aliphatic carbocycles. The third kappa shape index (κ3) is 3.86. The topological polar surface area (TPSA) is 77.2 Å². The Morgan fingerprint density at radius 3 is 2.90 bits per heavy atom. The molecule has 2 rings (SSSR count). The minimum Gasteiger partial charge on any atom is -0.482 e.